The first-order valence-corrected chi connectivity index (χ1v) is 12.1. The molecule has 0 unspecified atom stereocenters. The average molecular weight is 441 g/mol. The summed E-state index contributed by atoms with van der Waals surface area (Å²) in [6, 6.07) is 14.0. The Morgan fingerprint density at radius 1 is 1.07 bits per heavy atom. The van der Waals surface area contributed by atoms with Gasteiger partial charge in [0.05, 0.1) is 4.90 Å². The minimum absolute atomic E-state index is 0.116. The molecule has 0 bridgehead atoms. The highest BCUT2D eigenvalue weighted by molar-refractivity contribution is 7.89. The molecule has 0 radical (unpaired) electrons. The van der Waals surface area contributed by atoms with Crippen LogP contribution < -0.4 is 5.32 Å². The lowest BCUT2D eigenvalue weighted by Gasteiger charge is -2.28. The van der Waals surface area contributed by atoms with Crippen molar-refractivity contribution in [2.45, 2.75) is 36.6 Å². The highest BCUT2D eigenvalue weighted by Crippen LogP contribution is 2.42. The molecule has 5 rings (SSSR count). The standard InChI is InChI=1S/C21H20N4O3S2/c26-19(22-21-24-23-20(29-21)15-8-9-15)16-6-3-7-18(12-16)30(27,28)25-11-10-14-4-1-2-5-17(14)13-25/h1-7,12,15H,8-11,13H2,(H,22,24,26). The van der Waals surface area contributed by atoms with E-state index in [0.29, 0.717) is 30.6 Å². The number of nitrogens with one attached hydrogen (secondary N) is 1. The summed E-state index contributed by atoms with van der Waals surface area (Å²) >= 11 is 1.37. The zero-order valence-electron chi connectivity index (χ0n) is 16.1. The van der Waals surface area contributed by atoms with E-state index in [1.807, 2.05) is 24.3 Å². The van der Waals surface area contributed by atoms with Crippen molar-refractivity contribution in [2.75, 3.05) is 11.9 Å². The zero-order chi connectivity index (χ0) is 20.7. The second-order valence-corrected chi connectivity index (χ2v) is 10.5. The quantitative estimate of drug-likeness (QED) is 0.656. The number of amides is 1. The maximum absolute atomic E-state index is 13.2. The van der Waals surface area contributed by atoms with Crippen LogP contribution in [0.25, 0.3) is 0 Å². The number of carbonyl (C=O) groups is 1. The smallest absolute Gasteiger partial charge is 0.257 e. The van der Waals surface area contributed by atoms with Gasteiger partial charge in [0.25, 0.3) is 5.91 Å². The molecule has 154 valence electrons. The molecule has 2 heterocycles. The molecule has 0 saturated heterocycles. The molecule has 1 aliphatic carbocycles. The molecule has 0 spiro atoms. The van der Waals surface area contributed by atoms with Crippen LogP contribution >= 0.6 is 11.3 Å². The van der Waals surface area contributed by atoms with Crippen molar-refractivity contribution in [1.82, 2.24) is 14.5 Å². The van der Waals surface area contributed by atoms with Gasteiger partial charge in [0.15, 0.2) is 0 Å². The highest BCUT2D eigenvalue weighted by atomic mass is 32.2. The summed E-state index contributed by atoms with van der Waals surface area (Å²) in [4.78, 5) is 12.8. The molecular formula is C21H20N4O3S2. The van der Waals surface area contributed by atoms with Crippen LogP contribution in [0.1, 0.15) is 45.3 Å². The molecule has 1 aliphatic heterocycles. The number of benzene rings is 2. The number of nitrogens with zero attached hydrogens (tertiary/aromatic N) is 3. The van der Waals surface area contributed by atoms with Crippen LogP contribution in [0.15, 0.2) is 53.4 Å². The molecular weight excluding hydrogens is 420 g/mol. The van der Waals surface area contributed by atoms with Crippen LogP contribution in [0.5, 0.6) is 0 Å². The Balaban J connectivity index is 1.35. The predicted octanol–water partition coefficient (Wildman–Crippen LogP) is 3.41. The number of rotatable bonds is 5. The summed E-state index contributed by atoms with van der Waals surface area (Å²) < 4.78 is 27.8. The van der Waals surface area contributed by atoms with Crippen molar-refractivity contribution < 1.29 is 13.2 Å². The fourth-order valence-corrected chi connectivity index (χ4v) is 5.94. The van der Waals surface area contributed by atoms with Crippen LogP contribution in [0.2, 0.25) is 0 Å². The van der Waals surface area contributed by atoms with Gasteiger partial charge < -0.3 is 0 Å². The van der Waals surface area contributed by atoms with E-state index in [4.69, 9.17) is 0 Å². The first kappa shape index (κ1) is 19.3. The third kappa shape index (κ3) is 3.76. The molecule has 1 saturated carbocycles. The molecule has 1 amide bonds. The number of fused-ring (bicyclic) bond motifs is 1. The van der Waals surface area contributed by atoms with E-state index < -0.39 is 15.9 Å². The van der Waals surface area contributed by atoms with Crippen LogP contribution in [-0.2, 0) is 23.0 Å². The van der Waals surface area contributed by atoms with Gasteiger partial charge in [0.1, 0.15) is 5.01 Å². The van der Waals surface area contributed by atoms with Crippen molar-refractivity contribution in [3.8, 4) is 0 Å². The summed E-state index contributed by atoms with van der Waals surface area (Å²) in [5, 5.41) is 12.2. The maximum atomic E-state index is 13.2. The molecule has 0 atom stereocenters. The Bertz CT molecular complexity index is 1220. The fourth-order valence-electron chi connectivity index (χ4n) is 3.57. The molecule has 1 fully saturated rings. The first-order chi connectivity index (χ1) is 14.5. The van der Waals surface area contributed by atoms with Crippen LogP contribution in [0.4, 0.5) is 5.13 Å². The molecule has 30 heavy (non-hydrogen) atoms. The van der Waals surface area contributed by atoms with Crippen molar-refractivity contribution in [3.05, 3.63) is 70.2 Å². The summed E-state index contributed by atoms with van der Waals surface area (Å²) in [7, 11) is -3.70. The van der Waals surface area contributed by atoms with E-state index in [1.54, 1.807) is 12.1 Å². The van der Waals surface area contributed by atoms with Crippen molar-refractivity contribution in [2.24, 2.45) is 0 Å². The first-order valence-electron chi connectivity index (χ1n) is 9.82. The van der Waals surface area contributed by atoms with Crippen molar-refractivity contribution in [1.29, 1.82) is 0 Å². The third-order valence-electron chi connectivity index (χ3n) is 5.42. The number of aromatic nitrogens is 2. The Kier molecular flexibility index (Phi) is 4.88. The zero-order valence-corrected chi connectivity index (χ0v) is 17.7. The van der Waals surface area contributed by atoms with E-state index in [9.17, 15) is 13.2 Å². The number of sulfonamides is 1. The molecule has 1 aromatic heterocycles. The van der Waals surface area contributed by atoms with Crippen LogP contribution in [0, 0.1) is 0 Å². The number of hydrogen-bond donors (Lipinski definition) is 1. The van der Waals surface area contributed by atoms with Crippen molar-refractivity contribution in [3.63, 3.8) is 0 Å². The Morgan fingerprint density at radius 3 is 2.67 bits per heavy atom. The largest absolute Gasteiger partial charge is 0.296 e. The number of hydrogen-bond acceptors (Lipinski definition) is 6. The molecule has 2 aliphatic rings. The van der Waals surface area contributed by atoms with E-state index >= 15 is 0 Å². The van der Waals surface area contributed by atoms with Gasteiger partial charge in [-0.1, -0.05) is 41.7 Å². The van der Waals surface area contributed by atoms with Gasteiger partial charge >= 0.3 is 0 Å². The van der Waals surface area contributed by atoms with E-state index in [1.165, 1.54) is 33.3 Å². The van der Waals surface area contributed by atoms with Gasteiger partial charge in [0, 0.05) is 24.6 Å². The van der Waals surface area contributed by atoms with Gasteiger partial charge in [-0.2, -0.15) is 4.31 Å². The van der Waals surface area contributed by atoms with Gasteiger partial charge in [0.2, 0.25) is 15.2 Å². The lowest BCUT2D eigenvalue weighted by atomic mass is 10.0. The minimum Gasteiger partial charge on any atom is -0.296 e. The Labute approximate surface area is 178 Å². The Hall–Kier alpha value is -2.62. The average Bonchev–Trinajstić information content (AvgIpc) is 3.52. The van der Waals surface area contributed by atoms with Gasteiger partial charge in [-0.15, -0.1) is 10.2 Å². The monoisotopic (exact) mass is 440 g/mol. The summed E-state index contributed by atoms with van der Waals surface area (Å²) in [5.41, 5.74) is 2.47. The molecule has 2 aromatic carbocycles. The molecule has 1 N–H and O–H groups in total. The highest BCUT2D eigenvalue weighted by Gasteiger charge is 2.29. The second-order valence-electron chi connectivity index (χ2n) is 7.56. The normalized spacial score (nSPS) is 16.8. The van der Waals surface area contributed by atoms with Gasteiger partial charge in [-0.05, 0) is 48.6 Å². The summed E-state index contributed by atoms with van der Waals surface area (Å²) in [6.07, 6.45) is 2.91. The SMILES string of the molecule is O=C(Nc1nnc(C2CC2)s1)c1cccc(S(=O)(=O)N2CCc3ccccc3C2)c1. The van der Waals surface area contributed by atoms with E-state index in [-0.39, 0.29) is 10.5 Å². The minimum atomic E-state index is -3.70. The molecule has 7 nitrogen and oxygen atoms in total. The maximum Gasteiger partial charge on any atom is 0.257 e. The van der Waals surface area contributed by atoms with Crippen LogP contribution in [0.3, 0.4) is 0 Å². The fraction of sp³-hybridized carbons (Fsp3) is 0.286. The van der Waals surface area contributed by atoms with E-state index in [2.05, 4.69) is 15.5 Å². The summed E-state index contributed by atoms with van der Waals surface area (Å²) in [6.45, 7) is 0.758. The lowest BCUT2D eigenvalue weighted by molar-refractivity contribution is 0.102. The molecule has 3 aromatic rings. The van der Waals surface area contributed by atoms with Crippen LogP contribution in [-0.4, -0.2) is 35.4 Å². The third-order valence-corrected chi connectivity index (χ3v) is 8.26. The van der Waals surface area contributed by atoms with E-state index in [0.717, 1.165) is 23.4 Å². The predicted molar refractivity (Wildman–Crippen MR) is 114 cm³/mol. The van der Waals surface area contributed by atoms with Gasteiger partial charge in [-0.3, -0.25) is 10.1 Å². The number of carbonyl (C=O) groups excluding carboxylic acids is 1. The Morgan fingerprint density at radius 2 is 1.87 bits per heavy atom. The summed E-state index contributed by atoms with van der Waals surface area (Å²) in [5.74, 6) is 0.0748. The molecule has 9 heteroatoms. The van der Waals surface area contributed by atoms with Crippen molar-refractivity contribution >= 4 is 32.4 Å². The number of anilines is 1. The van der Waals surface area contributed by atoms with Gasteiger partial charge in [-0.25, -0.2) is 8.42 Å². The second kappa shape index (κ2) is 7.57. The lowest BCUT2D eigenvalue weighted by Crippen LogP contribution is -2.36. The topological polar surface area (TPSA) is 92.3 Å².